The third kappa shape index (κ3) is 3.67. The predicted molar refractivity (Wildman–Crippen MR) is 123 cm³/mol. The lowest BCUT2D eigenvalue weighted by Gasteiger charge is -2.29. The van der Waals surface area contributed by atoms with Crippen LogP contribution in [-0.4, -0.2) is 28.7 Å². The van der Waals surface area contributed by atoms with Gasteiger partial charge in [-0.15, -0.1) is 0 Å². The lowest BCUT2D eigenvalue weighted by Crippen LogP contribution is -2.35. The van der Waals surface area contributed by atoms with Crippen LogP contribution in [0.25, 0.3) is 11.0 Å². The Balaban J connectivity index is 1.40. The highest BCUT2D eigenvalue weighted by atomic mass is 16.4. The molecule has 1 aromatic heterocycles. The third-order valence-corrected chi connectivity index (χ3v) is 5.67. The second-order valence-corrected chi connectivity index (χ2v) is 7.70. The lowest BCUT2D eigenvalue weighted by molar-refractivity contribution is 0.0734. The fraction of sp³-hybridized carbons (Fsp3) is 0.115. The van der Waals surface area contributed by atoms with Crippen molar-refractivity contribution in [2.75, 3.05) is 6.54 Å². The summed E-state index contributed by atoms with van der Waals surface area (Å²) in [6.45, 7) is 1.24. The number of nitrogens with zero attached hydrogens (tertiary/aromatic N) is 2. The van der Waals surface area contributed by atoms with E-state index in [-0.39, 0.29) is 17.2 Å². The molecule has 6 nitrogen and oxygen atoms in total. The first-order valence-corrected chi connectivity index (χ1v) is 10.3. The quantitative estimate of drug-likeness (QED) is 0.389. The van der Waals surface area contributed by atoms with Gasteiger partial charge >= 0.3 is 5.63 Å². The van der Waals surface area contributed by atoms with Crippen molar-refractivity contribution >= 4 is 28.8 Å². The van der Waals surface area contributed by atoms with Gasteiger partial charge in [0.2, 0.25) is 0 Å². The molecule has 0 fully saturated rings. The van der Waals surface area contributed by atoms with E-state index in [1.54, 1.807) is 48.5 Å². The number of fused-ring (bicyclic) bond motifs is 2. The number of hydrogen-bond acceptors (Lipinski definition) is 5. The van der Waals surface area contributed by atoms with Crippen molar-refractivity contribution in [3.05, 3.63) is 105 Å². The molecular weight excluding hydrogens is 404 g/mol. The van der Waals surface area contributed by atoms with E-state index < -0.39 is 5.63 Å². The van der Waals surface area contributed by atoms with Crippen LogP contribution in [0.5, 0.6) is 5.75 Å². The van der Waals surface area contributed by atoms with E-state index in [0.29, 0.717) is 35.3 Å². The summed E-state index contributed by atoms with van der Waals surface area (Å²) in [5, 5.41) is 10.9. The minimum absolute atomic E-state index is 0.0342. The molecule has 0 saturated heterocycles. The summed E-state index contributed by atoms with van der Waals surface area (Å²) < 4.78 is 5.26. The molecule has 6 heteroatoms. The summed E-state index contributed by atoms with van der Waals surface area (Å²) in [5.41, 5.74) is 3.07. The molecule has 1 aliphatic rings. The summed E-state index contributed by atoms with van der Waals surface area (Å²) in [5.74, 6) is -0.246. The third-order valence-electron chi connectivity index (χ3n) is 5.67. The Kier molecular flexibility index (Phi) is 5.03. The Morgan fingerprint density at radius 1 is 1.00 bits per heavy atom. The molecule has 1 N–H and O–H groups in total. The van der Waals surface area contributed by atoms with Crippen molar-refractivity contribution in [3.8, 4) is 5.75 Å². The van der Waals surface area contributed by atoms with Gasteiger partial charge in [-0.2, -0.15) is 0 Å². The van der Waals surface area contributed by atoms with Crippen LogP contribution in [0, 0.1) is 0 Å². The molecule has 1 aliphatic heterocycles. The van der Waals surface area contributed by atoms with Gasteiger partial charge in [0.05, 0.1) is 11.1 Å². The molecule has 0 aliphatic carbocycles. The molecule has 4 aromatic rings. The van der Waals surface area contributed by atoms with Gasteiger partial charge in [0.15, 0.2) is 0 Å². The van der Waals surface area contributed by atoms with Crippen molar-refractivity contribution < 1.29 is 14.3 Å². The van der Waals surface area contributed by atoms with Crippen LogP contribution < -0.4 is 5.63 Å². The topological polar surface area (TPSA) is 83.1 Å². The largest absolute Gasteiger partial charge is 0.506 e. The van der Waals surface area contributed by atoms with Crippen molar-refractivity contribution in [2.24, 2.45) is 4.99 Å². The molecule has 3 aromatic carbocycles. The van der Waals surface area contributed by atoms with E-state index in [1.165, 1.54) is 17.3 Å². The van der Waals surface area contributed by atoms with Crippen LogP contribution in [0.15, 0.2) is 87.0 Å². The summed E-state index contributed by atoms with van der Waals surface area (Å²) in [7, 11) is 0. The molecule has 0 unspecified atom stereocenters. The number of amides is 1. The first kappa shape index (κ1) is 19.8. The fourth-order valence-electron chi connectivity index (χ4n) is 3.97. The SMILES string of the molecule is O=C(c1cccc(N=Cc2c(O)c3ccccc3oc2=O)c1)N1CCc2ccccc2C1. The zero-order valence-electron chi connectivity index (χ0n) is 17.2. The van der Waals surface area contributed by atoms with Crippen LogP contribution >= 0.6 is 0 Å². The maximum Gasteiger partial charge on any atom is 0.348 e. The van der Waals surface area contributed by atoms with E-state index in [2.05, 4.69) is 17.1 Å². The molecule has 0 saturated carbocycles. The van der Waals surface area contributed by atoms with Gasteiger partial charge in [0.1, 0.15) is 16.9 Å². The van der Waals surface area contributed by atoms with Gasteiger partial charge in [0, 0.05) is 24.9 Å². The second-order valence-electron chi connectivity index (χ2n) is 7.70. The predicted octanol–water partition coefficient (Wildman–Crippen LogP) is 4.45. The van der Waals surface area contributed by atoms with Gasteiger partial charge in [-0.05, 0) is 47.9 Å². The van der Waals surface area contributed by atoms with E-state index >= 15 is 0 Å². The summed E-state index contributed by atoms with van der Waals surface area (Å²) >= 11 is 0. The van der Waals surface area contributed by atoms with Gasteiger partial charge in [-0.1, -0.05) is 42.5 Å². The Morgan fingerprint density at radius 3 is 2.66 bits per heavy atom. The smallest absolute Gasteiger partial charge is 0.348 e. The first-order chi connectivity index (χ1) is 15.6. The molecule has 0 spiro atoms. The van der Waals surface area contributed by atoms with Gasteiger partial charge < -0.3 is 14.4 Å². The van der Waals surface area contributed by atoms with Crippen LogP contribution in [-0.2, 0) is 13.0 Å². The maximum absolute atomic E-state index is 13.1. The van der Waals surface area contributed by atoms with Crippen molar-refractivity contribution in [3.63, 3.8) is 0 Å². The highest BCUT2D eigenvalue weighted by Crippen LogP contribution is 2.26. The van der Waals surface area contributed by atoms with Gasteiger partial charge in [0.25, 0.3) is 5.91 Å². The minimum Gasteiger partial charge on any atom is -0.506 e. The molecule has 0 radical (unpaired) electrons. The minimum atomic E-state index is -0.677. The maximum atomic E-state index is 13.1. The van der Waals surface area contributed by atoms with Gasteiger partial charge in [-0.25, -0.2) is 4.79 Å². The lowest BCUT2D eigenvalue weighted by atomic mass is 9.99. The summed E-state index contributed by atoms with van der Waals surface area (Å²) in [6, 6.07) is 21.8. The highest BCUT2D eigenvalue weighted by molar-refractivity contribution is 5.96. The Labute approximate surface area is 184 Å². The second kappa shape index (κ2) is 8.15. The number of carbonyl (C=O) groups excluding carboxylic acids is 1. The average Bonchev–Trinajstić information content (AvgIpc) is 2.83. The van der Waals surface area contributed by atoms with Crippen LogP contribution in [0.1, 0.15) is 27.0 Å². The van der Waals surface area contributed by atoms with E-state index in [0.717, 1.165) is 6.42 Å². The number of aromatic hydroxyl groups is 1. The zero-order chi connectivity index (χ0) is 22.1. The molecule has 1 amide bonds. The Hall–Kier alpha value is -4.19. The van der Waals surface area contributed by atoms with E-state index in [1.807, 2.05) is 17.0 Å². The monoisotopic (exact) mass is 424 g/mol. The number of benzene rings is 3. The molecule has 5 rings (SSSR count). The molecule has 2 heterocycles. The number of para-hydroxylation sites is 1. The highest BCUT2D eigenvalue weighted by Gasteiger charge is 2.21. The standard InChI is InChI=1S/C26H20N2O4/c29-24-21-10-3-4-11-23(21)32-26(31)22(24)15-27-20-9-5-8-18(14-20)25(30)28-13-12-17-6-1-2-7-19(17)16-28/h1-11,14-15,29H,12-13,16H2. The zero-order valence-corrected chi connectivity index (χ0v) is 17.2. The molecule has 158 valence electrons. The number of carbonyl (C=O) groups is 1. The Morgan fingerprint density at radius 2 is 1.78 bits per heavy atom. The van der Waals surface area contributed by atoms with Crippen molar-refractivity contribution in [2.45, 2.75) is 13.0 Å². The van der Waals surface area contributed by atoms with Crippen LogP contribution in [0.3, 0.4) is 0 Å². The van der Waals surface area contributed by atoms with E-state index in [9.17, 15) is 14.7 Å². The summed E-state index contributed by atoms with van der Waals surface area (Å²) in [6.07, 6.45) is 2.10. The number of aliphatic imine (C=N–C) groups is 1. The van der Waals surface area contributed by atoms with Crippen molar-refractivity contribution in [1.82, 2.24) is 4.90 Å². The van der Waals surface area contributed by atoms with E-state index in [4.69, 9.17) is 4.42 Å². The normalized spacial score (nSPS) is 13.4. The van der Waals surface area contributed by atoms with Crippen molar-refractivity contribution in [1.29, 1.82) is 0 Å². The molecule has 0 bridgehead atoms. The van der Waals surface area contributed by atoms with Crippen LogP contribution in [0.4, 0.5) is 5.69 Å². The van der Waals surface area contributed by atoms with Gasteiger partial charge in [-0.3, -0.25) is 9.79 Å². The summed E-state index contributed by atoms with van der Waals surface area (Å²) in [4.78, 5) is 31.5. The number of rotatable bonds is 3. The number of hydrogen-bond donors (Lipinski definition) is 1. The molecule has 0 atom stereocenters. The first-order valence-electron chi connectivity index (χ1n) is 10.3. The Bertz CT molecular complexity index is 1420. The average molecular weight is 424 g/mol. The molecular formula is C26H20N2O4. The fourth-order valence-corrected chi connectivity index (χ4v) is 3.97. The van der Waals surface area contributed by atoms with Crippen LogP contribution in [0.2, 0.25) is 0 Å². The molecule has 32 heavy (non-hydrogen) atoms.